The number of nitrogens with zero attached hydrogens (tertiary/aromatic N) is 1. The molecule has 3 rings (SSSR count). The van der Waals surface area contributed by atoms with Gasteiger partial charge < -0.3 is 19.9 Å². The second-order valence-corrected chi connectivity index (χ2v) is 6.20. The molecular weight excluding hydrogens is 313 g/mol. The number of amides is 2. The third kappa shape index (κ3) is 2.65. The minimum Gasteiger partial charge on any atom is -0.362 e. The van der Waals surface area contributed by atoms with Gasteiger partial charge in [0.1, 0.15) is 11.5 Å². The monoisotopic (exact) mass is 333 g/mol. The number of aromatic amines is 1. The van der Waals surface area contributed by atoms with Crippen molar-refractivity contribution in [3.8, 4) is 0 Å². The van der Waals surface area contributed by atoms with Crippen LogP contribution in [0.1, 0.15) is 23.0 Å². The van der Waals surface area contributed by atoms with Gasteiger partial charge >= 0.3 is 0 Å². The Morgan fingerprint density at radius 3 is 2.88 bits per heavy atom. The Kier molecular flexibility index (Phi) is 4.04. The van der Waals surface area contributed by atoms with E-state index in [1.54, 1.807) is 24.8 Å². The summed E-state index contributed by atoms with van der Waals surface area (Å²) >= 11 is 0. The normalized spacial score (nSPS) is 21.1. The summed E-state index contributed by atoms with van der Waals surface area (Å²) in [7, 11) is 1.54. The third-order valence-corrected chi connectivity index (χ3v) is 4.50. The Morgan fingerprint density at radius 1 is 1.42 bits per heavy atom. The number of rotatable bonds is 2. The number of morpholine rings is 1. The lowest BCUT2D eigenvalue weighted by atomic mass is 10.0. The summed E-state index contributed by atoms with van der Waals surface area (Å²) in [6.07, 6.45) is 0. The highest BCUT2D eigenvalue weighted by molar-refractivity contribution is 6.01. The molecule has 1 aromatic heterocycles. The summed E-state index contributed by atoms with van der Waals surface area (Å²) in [5.41, 5.74) is 0.744. The molecule has 2 amide bonds. The van der Waals surface area contributed by atoms with Gasteiger partial charge in [0.15, 0.2) is 5.60 Å². The van der Waals surface area contributed by atoms with Gasteiger partial charge in [-0.2, -0.15) is 0 Å². The van der Waals surface area contributed by atoms with Crippen LogP contribution in [0.2, 0.25) is 0 Å². The van der Waals surface area contributed by atoms with Crippen molar-refractivity contribution in [1.29, 1.82) is 0 Å². The van der Waals surface area contributed by atoms with E-state index in [0.717, 1.165) is 0 Å². The van der Waals surface area contributed by atoms with Crippen molar-refractivity contribution in [3.63, 3.8) is 0 Å². The fourth-order valence-corrected chi connectivity index (χ4v) is 3.12. The maximum Gasteiger partial charge on any atom is 0.270 e. The van der Waals surface area contributed by atoms with Crippen molar-refractivity contribution < 1.29 is 18.7 Å². The van der Waals surface area contributed by atoms with Crippen LogP contribution in [0.15, 0.2) is 18.2 Å². The number of likely N-dealkylation sites (N-methyl/N-ethyl adjacent to an activating group) is 1. The lowest BCUT2D eigenvalue weighted by Gasteiger charge is -2.38. The Labute approximate surface area is 139 Å². The van der Waals surface area contributed by atoms with Crippen LogP contribution in [-0.2, 0) is 9.53 Å². The molecule has 2 aromatic rings. The van der Waals surface area contributed by atoms with Gasteiger partial charge in [-0.1, -0.05) is 0 Å². The fourth-order valence-electron chi connectivity index (χ4n) is 3.12. The van der Waals surface area contributed by atoms with Gasteiger partial charge in [-0.25, -0.2) is 4.39 Å². The molecule has 1 fully saturated rings. The number of carbonyl (C=O) groups excluding carboxylic acids is 2. The molecule has 1 aliphatic heterocycles. The molecular formula is C17H20FN3O3. The van der Waals surface area contributed by atoms with Gasteiger partial charge in [0.2, 0.25) is 0 Å². The minimum absolute atomic E-state index is 0.161. The summed E-state index contributed by atoms with van der Waals surface area (Å²) in [6.45, 7) is 4.29. The second kappa shape index (κ2) is 5.90. The average molecular weight is 333 g/mol. The third-order valence-electron chi connectivity index (χ3n) is 4.50. The predicted octanol–water partition coefficient (Wildman–Crippen LogP) is 1.59. The van der Waals surface area contributed by atoms with Gasteiger partial charge in [0, 0.05) is 24.5 Å². The van der Waals surface area contributed by atoms with Gasteiger partial charge in [-0.3, -0.25) is 9.59 Å². The van der Waals surface area contributed by atoms with E-state index in [4.69, 9.17) is 4.74 Å². The summed E-state index contributed by atoms with van der Waals surface area (Å²) in [6, 6.07) is 4.37. The van der Waals surface area contributed by atoms with Crippen molar-refractivity contribution in [2.24, 2.45) is 0 Å². The molecule has 2 N–H and O–H groups in total. The smallest absolute Gasteiger partial charge is 0.270 e. The standard InChI is InChI=1S/C17H20FN3O3/c1-10-12-8-11(18)4-5-13(12)20-14(10)15(22)21-6-7-24-17(2,9-21)16(23)19-3/h4-5,8,20H,6-7,9H2,1-3H3,(H,19,23). The molecule has 0 bridgehead atoms. The first-order valence-corrected chi connectivity index (χ1v) is 7.79. The molecule has 24 heavy (non-hydrogen) atoms. The van der Waals surface area contributed by atoms with Crippen LogP contribution >= 0.6 is 0 Å². The van der Waals surface area contributed by atoms with Gasteiger partial charge in [-0.05, 0) is 37.6 Å². The number of aryl methyl sites for hydroxylation is 1. The summed E-state index contributed by atoms with van der Waals surface area (Å²) < 4.78 is 19.0. The number of H-pyrrole nitrogens is 1. The van der Waals surface area contributed by atoms with E-state index in [2.05, 4.69) is 10.3 Å². The molecule has 7 heteroatoms. The van der Waals surface area contributed by atoms with E-state index < -0.39 is 5.60 Å². The number of aromatic nitrogens is 1. The number of benzene rings is 1. The molecule has 1 atom stereocenters. The first-order chi connectivity index (χ1) is 11.4. The van der Waals surface area contributed by atoms with Crippen LogP contribution in [0.3, 0.4) is 0 Å². The average Bonchev–Trinajstić information content (AvgIpc) is 2.90. The van der Waals surface area contributed by atoms with Crippen LogP contribution in [-0.4, -0.2) is 54.0 Å². The van der Waals surface area contributed by atoms with E-state index >= 15 is 0 Å². The molecule has 128 valence electrons. The number of hydrogen-bond donors (Lipinski definition) is 2. The molecule has 1 unspecified atom stereocenters. The van der Waals surface area contributed by atoms with Crippen molar-refractivity contribution in [1.82, 2.24) is 15.2 Å². The molecule has 0 aliphatic carbocycles. The fraction of sp³-hybridized carbons (Fsp3) is 0.412. The lowest BCUT2D eigenvalue weighted by molar-refractivity contribution is -0.153. The maximum absolute atomic E-state index is 13.4. The zero-order valence-electron chi connectivity index (χ0n) is 13.9. The number of halogens is 1. The van der Waals surface area contributed by atoms with E-state index in [9.17, 15) is 14.0 Å². The Morgan fingerprint density at radius 2 is 2.17 bits per heavy atom. The quantitative estimate of drug-likeness (QED) is 0.876. The molecule has 6 nitrogen and oxygen atoms in total. The zero-order chi connectivity index (χ0) is 17.5. The first-order valence-electron chi connectivity index (χ1n) is 7.79. The van der Waals surface area contributed by atoms with E-state index in [-0.39, 0.29) is 30.8 Å². The topological polar surface area (TPSA) is 74.4 Å². The molecule has 2 heterocycles. The molecule has 1 saturated heterocycles. The van der Waals surface area contributed by atoms with Crippen LogP contribution in [0, 0.1) is 12.7 Å². The lowest BCUT2D eigenvalue weighted by Crippen LogP contribution is -2.58. The largest absolute Gasteiger partial charge is 0.362 e. The van der Waals surface area contributed by atoms with Crippen LogP contribution in [0.4, 0.5) is 4.39 Å². The van der Waals surface area contributed by atoms with Gasteiger partial charge in [0.25, 0.3) is 11.8 Å². The molecule has 1 aliphatic rings. The number of nitrogens with one attached hydrogen (secondary N) is 2. The van der Waals surface area contributed by atoms with E-state index in [1.165, 1.54) is 19.2 Å². The summed E-state index contributed by atoms with van der Waals surface area (Å²) in [5.74, 6) is -0.833. The van der Waals surface area contributed by atoms with Crippen molar-refractivity contribution in [3.05, 3.63) is 35.3 Å². The van der Waals surface area contributed by atoms with E-state index in [0.29, 0.717) is 28.7 Å². The Hall–Kier alpha value is -2.41. The predicted molar refractivity (Wildman–Crippen MR) is 87.3 cm³/mol. The zero-order valence-corrected chi connectivity index (χ0v) is 13.9. The highest BCUT2D eigenvalue weighted by Gasteiger charge is 2.40. The molecule has 0 spiro atoms. The number of ether oxygens (including phenoxy) is 1. The number of fused-ring (bicyclic) bond motifs is 1. The first kappa shape index (κ1) is 16.4. The van der Waals surface area contributed by atoms with Crippen molar-refractivity contribution in [2.45, 2.75) is 19.4 Å². The Bertz CT molecular complexity index is 817. The van der Waals surface area contributed by atoms with Crippen molar-refractivity contribution in [2.75, 3.05) is 26.7 Å². The second-order valence-electron chi connectivity index (χ2n) is 6.20. The highest BCUT2D eigenvalue weighted by atomic mass is 19.1. The minimum atomic E-state index is -1.07. The van der Waals surface area contributed by atoms with Crippen LogP contribution in [0.25, 0.3) is 10.9 Å². The van der Waals surface area contributed by atoms with Crippen molar-refractivity contribution >= 4 is 22.7 Å². The maximum atomic E-state index is 13.4. The van der Waals surface area contributed by atoms with Crippen LogP contribution < -0.4 is 5.32 Å². The molecule has 0 saturated carbocycles. The highest BCUT2D eigenvalue weighted by Crippen LogP contribution is 2.25. The van der Waals surface area contributed by atoms with E-state index in [1.807, 2.05) is 0 Å². The summed E-state index contributed by atoms with van der Waals surface area (Å²) in [4.78, 5) is 29.6. The number of hydrogen-bond acceptors (Lipinski definition) is 3. The van der Waals surface area contributed by atoms with Gasteiger partial charge in [-0.15, -0.1) is 0 Å². The van der Waals surface area contributed by atoms with Gasteiger partial charge in [0.05, 0.1) is 13.2 Å². The van der Waals surface area contributed by atoms with Crippen LogP contribution in [0.5, 0.6) is 0 Å². The molecule has 1 aromatic carbocycles. The Balaban J connectivity index is 1.92. The summed E-state index contributed by atoms with van der Waals surface area (Å²) in [5, 5.41) is 3.24. The molecule has 0 radical (unpaired) electrons. The SMILES string of the molecule is CNC(=O)C1(C)CN(C(=O)c2[nH]c3ccc(F)cc3c2C)CCO1. The number of carbonyl (C=O) groups is 2.